The van der Waals surface area contributed by atoms with Gasteiger partial charge in [0, 0.05) is 32.9 Å². The summed E-state index contributed by atoms with van der Waals surface area (Å²) in [5, 5.41) is 3.21. The van der Waals surface area contributed by atoms with Crippen LogP contribution in [0, 0.1) is 0 Å². The van der Waals surface area contributed by atoms with Crippen molar-refractivity contribution in [3.63, 3.8) is 0 Å². The van der Waals surface area contributed by atoms with E-state index in [9.17, 15) is 9.59 Å². The number of aromatic nitrogens is 1. The minimum atomic E-state index is -0.180. The van der Waals surface area contributed by atoms with E-state index in [1.807, 2.05) is 17.3 Å². The molecule has 0 saturated carbocycles. The zero-order valence-electron chi connectivity index (χ0n) is 15.0. The van der Waals surface area contributed by atoms with Crippen LogP contribution in [-0.2, 0) is 16.1 Å². The second-order valence-corrected chi connectivity index (χ2v) is 7.69. The Kier molecular flexibility index (Phi) is 7.00. The fraction of sp³-hybridized carbons (Fsp3) is 0.353. The summed E-state index contributed by atoms with van der Waals surface area (Å²) in [4.78, 5) is 33.4. The third-order valence-electron chi connectivity index (χ3n) is 3.54. The van der Waals surface area contributed by atoms with Crippen molar-refractivity contribution in [1.82, 2.24) is 14.8 Å². The van der Waals surface area contributed by atoms with E-state index in [2.05, 4.69) is 4.98 Å². The lowest BCUT2D eigenvalue weighted by molar-refractivity contribution is -0.129. The average molecular weight is 415 g/mol. The highest BCUT2D eigenvalue weighted by molar-refractivity contribution is 7.14. The molecular weight excluding hydrogens is 395 g/mol. The zero-order chi connectivity index (χ0) is 19.4. The number of hydrogen-bond donors (Lipinski definition) is 0. The van der Waals surface area contributed by atoms with Crippen LogP contribution in [0.5, 0.6) is 0 Å². The number of carbonyl (C=O) groups is 2. The molecular formula is C17H20Cl2N4O2S. The highest BCUT2D eigenvalue weighted by Crippen LogP contribution is 2.33. The van der Waals surface area contributed by atoms with E-state index in [0.29, 0.717) is 34.0 Å². The van der Waals surface area contributed by atoms with Crippen molar-refractivity contribution in [2.75, 3.05) is 32.6 Å². The largest absolute Gasteiger partial charge is 0.348 e. The smallest absolute Gasteiger partial charge is 0.236 e. The molecule has 140 valence electrons. The standard InChI is InChI=1S/C17H20Cl2N4O2S/c1-11(24)23(13-5-6-14(18)15(19)7-13)17-20-12(10-26-17)8-22(4)9-16(25)21(2)3/h5-7,10H,8-9H2,1-4H3. The summed E-state index contributed by atoms with van der Waals surface area (Å²) in [7, 11) is 5.29. The van der Waals surface area contributed by atoms with Gasteiger partial charge < -0.3 is 4.90 Å². The first-order chi connectivity index (χ1) is 12.2. The fourth-order valence-electron chi connectivity index (χ4n) is 2.23. The molecule has 0 aliphatic carbocycles. The Hall–Kier alpha value is -1.67. The first-order valence-electron chi connectivity index (χ1n) is 7.78. The Bertz CT molecular complexity index is 810. The molecule has 2 aromatic rings. The van der Waals surface area contributed by atoms with Gasteiger partial charge >= 0.3 is 0 Å². The highest BCUT2D eigenvalue weighted by atomic mass is 35.5. The molecule has 0 aliphatic rings. The quantitative estimate of drug-likeness (QED) is 0.723. The van der Waals surface area contributed by atoms with Gasteiger partial charge in [0.25, 0.3) is 0 Å². The highest BCUT2D eigenvalue weighted by Gasteiger charge is 2.19. The van der Waals surface area contributed by atoms with Crippen LogP contribution < -0.4 is 4.90 Å². The molecule has 0 N–H and O–H groups in total. The first kappa shape index (κ1) is 20.6. The van der Waals surface area contributed by atoms with Gasteiger partial charge in [-0.1, -0.05) is 23.2 Å². The van der Waals surface area contributed by atoms with Gasteiger partial charge in [0.2, 0.25) is 11.8 Å². The number of benzene rings is 1. The van der Waals surface area contributed by atoms with E-state index in [0.717, 1.165) is 5.69 Å². The van der Waals surface area contributed by atoms with Crippen molar-refractivity contribution in [3.05, 3.63) is 39.3 Å². The van der Waals surface area contributed by atoms with Crippen LogP contribution >= 0.6 is 34.5 Å². The monoisotopic (exact) mass is 414 g/mol. The number of anilines is 2. The molecule has 0 aliphatic heterocycles. The molecule has 0 spiro atoms. The lowest BCUT2D eigenvalue weighted by Crippen LogP contribution is -2.34. The van der Waals surface area contributed by atoms with E-state index in [1.54, 1.807) is 37.2 Å². The minimum Gasteiger partial charge on any atom is -0.348 e. The van der Waals surface area contributed by atoms with Crippen LogP contribution in [0.4, 0.5) is 10.8 Å². The van der Waals surface area contributed by atoms with Gasteiger partial charge in [0.1, 0.15) is 0 Å². The van der Waals surface area contributed by atoms with Gasteiger partial charge in [-0.15, -0.1) is 11.3 Å². The molecule has 0 unspecified atom stereocenters. The summed E-state index contributed by atoms with van der Waals surface area (Å²) in [6.45, 7) is 2.26. The molecule has 0 atom stereocenters. The van der Waals surface area contributed by atoms with Gasteiger partial charge in [-0.05, 0) is 25.2 Å². The number of carbonyl (C=O) groups excluding carboxylic acids is 2. The molecule has 0 bridgehead atoms. The maximum atomic E-state index is 12.1. The van der Waals surface area contributed by atoms with Gasteiger partial charge in [0.05, 0.1) is 28.0 Å². The second kappa shape index (κ2) is 8.81. The minimum absolute atomic E-state index is 0.0177. The Morgan fingerprint density at radius 1 is 1.15 bits per heavy atom. The van der Waals surface area contributed by atoms with E-state index in [1.165, 1.54) is 23.2 Å². The van der Waals surface area contributed by atoms with E-state index in [-0.39, 0.29) is 11.8 Å². The van der Waals surface area contributed by atoms with Crippen LogP contribution in [0.15, 0.2) is 23.6 Å². The maximum Gasteiger partial charge on any atom is 0.236 e. The van der Waals surface area contributed by atoms with Crippen LogP contribution in [-0.4, -0.2) is 54.3 Å². The number of halogens is 2. The van der Waals surface area contributed by atoms with Crippen molar-refractivity contribution >= 4 is 57.2 Å². The second-order valence-electron chi connectivity index (χ2n) is 6.03. The summed E-state index contributed by atoms with van der Waals surface area (Å²) in [6, 6.07) is 5.00. The van der Waals surface area contributed by atoms with Gasteiger partial charge in [-0.3, -0.25) is 19.4 Å². The SMILES string of the molecule is CC(=O)N(c1ccc(Cl)c(Cl)c1)c1nc(CN(C)CC(=O)N(C)C)cs1. The third-order valence-corrected chi connectivity index (χ3v) is 5.16. The van der Waals surface area contributed by atoms with Gasteiger partial charge in [0.15, 0.2) is 5.13 Å². The molecule has 2 rings (SSSR count). The molecule has 1 aromatic carbocycles. The Balaban J connectivity index is 2.18. The topological polar surface area (TPSA) is 56.8 Å². The number of nitrogens with zero attached hydrogens (tertiary/aromatic N) is 4. The summed E-state index contributed by atoms with van der Waals surface area (Å²) < 4.78 is 0. The Morgan fingerprint density at radius 3 is 2.42 bits per heavy atom. The van der Waals surface area contributed by atoms with Crippen LogP contribution in [0.2, 0.25) is 10.0 Å². The molecule has 0 radical (unpaired) electrons. The molecule has 9 heteroatoms. The molecule has 0 saturated heterocycles. The summed E-state index contributed by atoms with van der Waals surface area (Å²) in [6.07, 6.45) is 0. The summed E-state index contributed by atoms with van der Waals surface area (Å²) >= 11 is 13.4. The number of likely N-dealkylation sites (N-methyl/N-ethyl adjacent to an activating group) is 2. The van der Waals surface area contributed by atoms with Crippen molar-refractivity contribution in [1.29, 1.82) is 0 Å². The molecule has 1 aromatic heterocycles. The predicted octanol–water partition coefficient (Wildman–Crippen LogP) is 3.65. The lowest BCUT2D eigenvalue weighted by Gasteiger charge is -2.19. The molecule has 2 amide bonds. The van der Waals surface area contributed by atoms with Crippen LogP contribution in [0.25, 0.3) is 0 Å². The maximum absolute atomic E-state index is 12.1. The van der Waals surface area contributed by atoms with Gasteiger partial charge in [-0.2, -0.15) is 0 Å². The average Bonchev–Trinajstić information content (AvgIpc) is 2.98. The molecule has 6 nitrogen and oxygen atoms in total. The third kappa shape index (κ3) is 5.17. The Labute approximate surface area is 166 Å². The molecule has 26 heavy (non-hydrogen) atoms. The lowest BCUT2D eigenvalue weighted by atomic mass is 10.3. The Morgan fingerprint density at radius 2 is 1.85 bits per heavy atom. The number of thiazole rings is 1. The zero-order valence-corrected chi connectivity index (χ0v) is 17.3. The van der Waals surface area contributed by atoms with E-state index < -0.39 is 0 Å². The summed E-state index contributed by atoms with van der Waals surface area (Å²) in [5.41, 5.74) is 1.38. The van der Waals surface area contributed by atoms with E-state index >= 15 is 0 Å². The fourth-order valence-corrected chi connectivity index (χ4v) is 3.40. The van der Waals surface area contributed by atoms with Crippen molar-refractivity contribution in [2.45, 2.75) is 13.5 Å². The number of rotatable bonds is 6. The normalized spacial score (nSPS) is 10.9. The van der Waals surface area contributed by atoms with E-state index in [4.69, 9.17) is 23.2 Å². The van der Waals surface area contributed by atoms with Gasteiger partial charge in [-0.25, -0.2) is 4.98 Å². The summed E-state index contributed by atoms with van der Waals surface area (Å²) in [5.74, 6) is -0.162. The predicted molar refractivity (Wildman–Crippen MR) is 106 cm³/mol. The number of amides is 2. The number of hydrogen-bond acceptors (Lipinski definition) is 5. The first-order valence-corrected chi connectivity index (χ1v) is 9.41. The molecule has 0 fully saturated rings. The molecule has 1 heterocycles. The van der Waals surface area contributed by atoms with Crippen LogP contribution in [0.3, 0.4) is 0 Å². The van der Waals surface area contributed by atoms with Crippen molar-refractivity contribution < 1.29 is 9.59 Å². The van der Waals surface area contributed by atoms with Crippen molar-refractivity contribution in [2.24, 2.45) is 0 Å². The van der Waals surface area contributed by atoms with Crippen molar-refractivity contribution in [3.8, 4) is 0 Å². The van der Waals surface area contributed by atoms with Crippen LogP contribution in [0.1, 0.15) is 12.6 Å².